The minimum absolute atomic E-state index is 0.0454. The lowest BCUT2D eigenvalue weighted by atomic mass is 10.1. The van der Waals surface area contributed by atoms with E-state index in [0.717, 1.165) is 32.1 Å². The molecule has 0 spiro atoms. The minimum atomic E-state index is -0.373. The molecule has 16 heavy (non-hydrogen) atoms. The van der Waals surface area contributed by atoms with Gasteiger partial charge in [0.05, 0.1) is 12.1 Å². The molecule has 2 unspecified atom stereocenters. The monoisotopic (exact) mass is 228 g/mol. The quantitative estimate of drug-likeness (QED) is 0.723. The standard InChI is InChI=1S/C12H24N2O2/c1-3-14(4-2)12(16)13-10-8-6-5-7-9-11(10)15/h10-11,15H,3-9H2,1-2H3,(H,13,16). The van der Waals surface area contributed by atoms with E-state index in [1.165, 1.54) is 0 Å². The first-order valence-corrected chi connectivity index (χ1v) is 6.42. The van der Waals surface area contributed by atoms with E-state index in [4.69, 9.17) is 0 Å². The number of nitrogens with zero attached hydrogens (tertiary/aromatic N) is 1. The molecule has 94 valence electrons. The van der Waals surface area contributed by atoms with Gasteiger partial charge in [0.2, 0.25) is 0 Å². The zero-order valence-corrected chi connectivity index (χ0v) is 10.4. The van der Waals surface area contributed by atoms with Gasteiger partial charge in [0.1, 0.15) is 0 Å². The van der Waals surface area contributed by atoms with Gasteiger partial charge in [0, 0.05) is 13.1 Å². The predicted molar refractivity (Wildman–Crippen MR) is 64.3 cm³/mol. The lowest BCUT2D eigenvalue weighted by molar-refractivity contribution is 0.116. The van der Waals surface area contributed by atoms with Crippen molar-refractivity contribution in [1.29, 1.82) is 0 Å². The Morgan fingerprint density at radius 3 is 2.50 bits per heavy atom. The van der Waals surface area contributed by atoms with Crippen LogP contribution < -0.4 is 5.32 Å². The Labute approximate surface area is 98.0 Å². The number of rotatable bonds is 3. The van der Waals surface area contributed by atoms with Gasteiger partial charge < -0.3 is 15.3 Å². The molecule has 0 saturated heterocycles. The molecular weight excluding hydrogens is 204 g/mol. The van der Waals surface area contributed by atoms with Gasteiger partial charge in [-0.1, -0.05) is 19.3 Å². The first-order chi connectivity index (χ1) is 7.69. The van der Waals surface area contributed by atoms with Crippen LogP contribution in [0.15, 0.2) is 0 Å². The summed E-state index contributed by atoms with van der Waals surface area (Å²) < 4.78 is 0. The van der Waals surface area contributed by atoms with Crippen molar-refractivity contribution in [3.8, 4) is 0 Å². The van der Waals surface area contributed by atoms with E-state index in [-0.39, 0.29) is 18.2 Å². The van der Waals surface area contributed by atoms with Crippen molar-refractivity contribution in [2.45, 2.75) is 58.1 Å². The Bertz CT molecular complexity index is 217. The van der Waals surface area contributed by atoms with E-state index in [2.05, 4.69) is 5.32 Å². The fraction of sp³-hybridized carbons (Fsp3) is 0.917. The summed E-state index contributed by atoms with van der Waals surface area (Å²) in [6.07, 6.45) is 4.66. The van der Waals surface area contributed by atoms with Gasteiger partial charge in [-0.25, -0.2) is 4.79 Å². The van der Waals surface area contributed by atoms with Gasteiger partial charge in [0.15, 0.2) is 0 Å². The summed E-state index contributed by atoms with van der Waals surface area (Å²) in [5, 5.41) is 12.8. The highest BCUT2D eigenvalue weighted by molar-refractivity contribution is 5.74. The second kappa shape index (κ2) is 6.74. The number of urea groups is 1. The first-order valence-electron chi connectivity index (χ1n) is 6.42. The topological polar surface area (TPSA) is 52.6 Å². The summed E-state index contributed by atoms with van der Waals surface area (Å²) in [6, 6.07) is -0.105. The molecule has 0 radical (unpaired) electrons. The Balaban J connectivity index is 2.47. The SMILES string of the molecule is CCN(CC)C(=O)NC1CCCCCC1O. The van der Waals surface area contributed by atoms with Crippen molar-refractivity contribution >= 4 is 6.03 Å². The average molecular weight is 228 g/mol. The molecule has 0 heterocycles. The van der Waals surface area contributed by atoms with Crippen molar-refractivity contribution in [2.24, 2.45) is 0 Å². The fourth-order valence-corrected chi connectivity index (χ4v) is 2.22. The molecule has 0 bridgehead atoms. The fourth-order valence-electron chi connectivity index (χ4n) is 2.22. The van der Waals surface area contributed by atoms with Gasteiger partial charge in [-0.2, -0.15) is 0 Å². The third-order valence-electron chi connectivity index (χ3n) is 3.34. The summed E-state index contributed by atoms with van der Waals surface area (Å²) >= 11 is 0. The van der Waals surface area contributed by atoms with Crippen LogP contribution in [0.2, 0.25) is 0 Å². The maximum absolute atomic E-state index is 11.8. The lowest BCUT2D eigenvalue weighted by Crippen LogP contribution is -2.48. The second-order valence-electron chi connectivity index (χ2n) is 4.43. The number of amides is 2. The molecule has 1 aliphatic rings. The number of carbonyl (C=O) groups excluding carboxylic acids is 1. The number of aliphatic hydroxyl groups excluding tert-OH is 1. The molecule has 4 heteroatoms. The largest absolute Gasteiger partial charge is 0.391 e. The smallest absolute Gasteiger partial charge is 0.317 e. The number of nitrogens with one attached hydrogen (secondary N) is 1. The Morgan fingerprint density at radius 2 is 1.88 bits per heavy atom. The molecule has 0 aliphatic heterocycles. The van der Waals surface area contributed by atoms with Gasteiger partial charge in [-0.15, -0.1) is 0 Å². The number of carbonyl (C=O) groups is 1. The summed E-state index contributed by atoms with van der Waals surface area (Å²) in [5.41, 5.74) is 0. The molecule has 0 aromatic rings. The Hall–Kier alpha value is -0.770. The molecule has 1 rings (SSSR count). The van der Waals surface area contributed by atoms with Crippen LogP contribution in [-0.4, -0.2) is 41.3 Å². The van der Waals surface area contributed by atoms with Crippen molar-refractivity contribution in [2.75, 3.05) is 13.1 Å². The van der Waals surface area contributed by atoms with Gasteiger partial charge >= 0.3 is 6.03 Å². The summed E-state index contributed by atoms with van der Waals surface area (Å²) in [4.78, 5) is 13.6. The van der Waals surface area contributed by atoms with Crippen LogP contribution in [-0.2, 0) is 0 Å². The minimum Gasteiger partial charge on any atom is -0.391 e. The van der Waals surface area contributed by atoms with Crippen LogP contribution in [0.3, 0.4) is 0 Å². The van der Waals surface area contributed by atoms with E-state index < -0.39 is 0 Å². The molecular formula is C12H24N2O2. The molecule has 0 aromatic heterocycles. The second-order valence-corrected chi connectivity index (χ2v) is 4.43. The molecule has 4 nitrogen and oxygen atoms in total. The van der Waals surface area contributed by atoms with Gasteiger partial charge in [0.25, 0.3) is 0 Å². The van der Waals surface area contributed by atoms with E-state index >= 15 is 0 Å². The number of aliphatic hydroxyl groups is 1. The molecule has 1 aliphatic carbocycles. The van der Waals surface area contributed by atoms with Crippen LogP contribution in [0, 0.1) is 0 Å². The molecule has 2 amide bonds. The zero-order chi connectivity index (χ0) is 12.0. The predicted octanol–water partition coefficient (Wildman–Crippen LogP) is 1.73. The maximum atomic E-state index is 11.8. The van der Waals surface area contributed by atoms with Crippen LogP contribution in [0.1, 0.15) is 46.0 Å². The Kier molecular flexibility index (Phi) is 5.60. The van der Waals surface area contributed by atoms with Gasteiger partial charge in [-0.3, -0.25) is 0 Å². The van der Waals surface area contributed by atoms with Crippen molar-refractivity contribution in [1.82, 2.24) is 10.2 Å². The zero-order valence-electron chi connectivity index (χ0n) is 10.4. The molecule has 1 saturated carbocycles. The van der Waals surface area contributed by atoms with Crippen LogP contribution in [0.5, 0.6) is 0 Å². The van der Waals surface area contributed by atoms with E-state index in [0.29, 0.717) is 13.1 Å². The van der Waals surface area contributed by atoms with Gasteiger partial charge in [-0.05, 0) is 26.7 Å². The van der Waals surface area contributed by atoms with Crippen LogP contribution in [0.4, 0.5) is 4.79 Å². The maximum Gasteiger partial charge on any atom is 0.317 e. The summed E-state index contributed by atoms with van der Waals surface area (Å²) in [7, 11) is 0. The summed E-state index contributed by atoms with van der Waals surface area (Å²) in [5.74, 6) is 0. The average Bonchev–Trinajstić information content (AvgIpc) is 2.46. The highest BCUT2D eigenvalue weighted by atomic mass is 16.3. The third kappa shape index (κ3) is 3.67. The van der Waals surface area contributed by atoms with Crippen molar-refractivity contribution in [3.63, 3.8) is 0 Å². The molecule has 2 N–H and O–H groups in total. The van der Waals surface area contributed by atoms with Crippen LogP contribution >= 0.6 is 0 Å². The van der Waals surface area contributed by atoms with Crippen molar-refractivity contribution in [3.05, 3.63) is 0 Å². The number of hydrogen-bond donors (Lipinski definition) is 2. The first kappa shape index (κ1) is 13.3. The van der Waals surface area contributed by atoms with E-state index in [9.17, 15) is 9.90 Å². The number of hydrogen-bond acceptors (Lipinski definition) is 2. The lowest BCUT2D eigenvalue weighted by Gasteiger charge is -2.26. The highest BCUT2D eigenvalue weighted by Gasteiger charge is 2.24. The van der Waals surface area contributed by atoms with Crippen LogP contribution in [0.25, 0.3) is 0 Å². The summed E-state index contributed by atoms with van der Waals surface area (Å²) in [6.45, 7) is 5.36. The third-order valence-corrected chi connectivity index (χ3v) is 3.34. The Morgan fingerprint density at radius 1 is 1.25 bits per heavy atom. The normalized spacial score (nSPS) is 25.9. The van der Waals surface area contributed by atoms with E-state index in [1.54, 1.807) is 4.90 Å². The highest BCUT2D eigenvalue weighted by Crippen LogP contribution is 2.18. The van der Waals surface area contributed by atoms with Crippen molar-refractivity contribution < 1.29 is 9.90 Å². The van der Waals surface area contributed by atoms with E-state index in [1.807, 2.05) is 13.8 Å². The molecule has 0 aromatic carbocycles. The molecule has 2 atom stereocenters. The molecule has 1 fully saturated rings.